The lowest BCUT2D eigenvalue weighted by Crippen LogP contribution is -2.44. The van der Waals surface area contributed by atoms with Crippen LogP contribution in [0.4, 0.5) is 5.82 Å². The third-order valence-corrected chi connectivity index (χ3v) is 7.28. The van der Waals surface area contributed by atoms with Gasteiger partial charge in [-0.3, -0.25) is 0 Å². The second kappa shape index (κ2) is 8.41. The van der Waals surface area contributed by atoms with Crippen LogP contribution in [0.3, 0.4) is 0 Å². The molecule has 28 heavy (non-hydrogen) atoms. The smallest absolute Gasteiger partial charge is 0.244 e. The number of aromatic nitrogens is 2. The molecule has 1 atom stereocenters. The van der Waals surface area contributed by atoms with Crippen LogP contribution < -0.4 is 9.64 Å². The summed E-state index contributed by atoms with van der Waals surface area (Å²) in [6, 6.07) is 6.51. The monoisotopic (exact) mass is 444 g/mol. The standard InChI is InChI=1S/C18H22Cl2N4O3S/c1-12-9-16(15(20)10-14(12)19)28(25,26)24-8-4-5-13(11-24)27-18-7-6-17(21-22-18)23(2)3/h6-7,9-10,13H,4-5,8,11H2,1-3H3. The summed E-state index contributed by atoms with van der Waals surface area (Å²) in [7, 11) is -0.00900. The number of hydrogen-bond acceptors (Lipinski definition) is 6. The third-order valence-electron chi connectivity index (χ3n) is 4.54. The van der Waals surface area contributed by atoms with Gasteiger partial charge in [0.25, 0.3) is 0 Å². The molecule has 1 unspecified atom stereocenters. The molecule has 0 N–H and O–H groups in total. The van der Waals surface area contributed by atoms with E-state index in [0.29, 0.717) is 35.2 Å². The van der Waals surface area contributed by atoms with Gasteiger partial charge in [-0.15, -0.1) is 10.2 Å². The van der Waals surface area contributed by atoms with Crippen molar-refractivity contribution in [3.8, 4) is 5.88 Å². The number of sulfonamides is 1. The molecule has 0 saturated carbocycles. The van der Waals surface area contributed by atoms with Crippen LogP contribution in [0, 0.1) is 6.92 Å². The molecule has 0 amide bonds. The van der Waals surface area contributed by atoms with Gasteiger partial charge in [-0.2, -0.15) is 4.31 Å². The highest BCUT2D eigenvalue weighted by molar-refractivity contribution is 7.89. The third kappa shape index (κ3) is 4.51. The molecule has 7 nitrogen and oxygen atoms in total. The second-order valence-electron chi connectivity index (χ2n) is 6.90. The van der Waals surface area contributed by atoms with E-state index in [-0.39, 0.29) is 22.6 Å². The van der Waals surface area contributed by atoms with Crippen LogP contribution in [-0.4, -0.2) is 56.2 Å². The molecule has 2 heterocycles. The molecule has 1 aliphatic rings. The quantitative estimate of drug-likeness (QED) is 0.703. The molecule has 152 valence electrons. The number of benzene rings is 1. The average molecular weight is 445 g/mol. The van der Waals surface area contributed by atoms with Crippen molar-refractivity contribution in [1.82, 2.24) is 14.5 Å². The van der Waals surface area contributed by atoms with Gasteiger partial charge in [0.2, 0.25) is 15.9 Å². The number of halogens is 2. The Morgan fingerprint density at radius 2 is 1.93 bits per heavy atom. The molecular formula is C18H22Cl2N4O3S. The van der Waals surface area contributed by atoms with Gasteiger partial charge in [-0.05, 0) is 43.5 Å². The van der Waals surface area contributed by atoms with Crippen LogP contribution >= 0.6 is 23.2 Å². The Labute approximate surface area is 175 Å². The Morgan fingerprint density at radius 3 is 2.57 bits per heavy atom. The van der Waals surface area contributed by atoms with Gasteiger partial charge in [0.1, 0.15) is 11.0 Å². The molecule has 3 rings (SSSR count). The summed E-state index contributed by atoms with van der Waals surface area (Å²) in [6.45, 7) is 2.37. The van der Waals surface area contributed by atoms with Crippen LogP contribution in [0.15, 0.2) is 29.2 Å². The van der Waals surface area contributed by atoms with E-state index >= 15 is 0 Å². The lowest BCUT2D eigenvalue weighted by molar-refractivity contribution is 0.123. The van der Waals surface area contributed by atoms with E-state index < -0.39 is 10.0 Å². The van der Waals surface area contributed by atoms with E-state index in [2.05, 4.69) is 10.2 Å². The molecule has 10 heteroatoms. The number of anilines is 1. The maximum Gasteiger partial charge on any atom is 0.244 e. The number of hydrogen-bond donors (Lipinski definition) is 0. The zero-order valence-electron chi connectivity index (χ0n) is 15.9. The molecular weight excluding hydrogens is 423 g/mol. The minimum absolute atomic E-state index is 0.0619. The molecule has 1 aromatic heterocycles. The van der Waals surface area contributed by atoms with E-state index in [1.807, 2.05) is 19.0 Å². The first kappa shape index (κ1) is 21.1. The molecule has 0 radical (unpaired) electrons. The number of rotatable bonds is 5. The summed E-state index contributed by atoms with van der Waals surface area (Å²) in [5, 5.41) is 8.68. The van der Waals surface area contributed by atoms with Gasteiger partial charge in [0, 0.05) is 31.7 Å². The second-order valence-corrected chi connectivity index (χ2v) is 9.62. The summed E-state index contributed by atoms with van der Waals surface area (Å²) in [5.74, 6) is 1.09. The maximum atomic E-state index is 13.1. The fourth-order valence-corrected chi connectivity index (χ4v) is 5.29. The average Bonchev–Trinajstić information content (AvgIpc) is 2.65. The van der Waals surface area contributed by atoms with Gasteiger partial charge >= 0.3 is 0 Å². The highest BCUT2D eigenvalue weighted by atomic mass is 35.5. The van der Waals surface area contributed by atoms with Crippen molar-refractivity contribution in [3.05, 3.63) is 39.9 Å². The van der Waals surface area contributed by atoms with Crippen molar-refractivity contribution in [3.63, 3.8) is 0 Å². The predicted octanol–water partition coefficient (Wildman–Crippen LogP) is 3.39. The van der Waals surface area contributed by atoms with Crippen LogP contribution in [0.2, 0.25) is 10.0 Å². The Kier molecular flexibility index (Phi) is 6.34. The van der Waals surface area contributed by atoms with Crippen LogP contribution in [-0.2, 0) is 10.0 Å². The lowest BCUT2D eigenvalue weighted by Gasteiger charge is -2.32. The zero-order valence-corrected chi connectivity index (χ0v) is 18.2. The van der Waals surface area contributed by atoms with E-state index in [1.165, 1.54) is 16.4 Å². The van der Waals surface area contributed by atoms with Crippen LogP contribution in [0.25, 0.3) is 0 Å². The summed E-state index contributed by atoms with van der Waals surface area (Å²) in [4.78, 5) is 1.90. The van der Waals surface area contributed by atoms with Gasteiger partial charge < -0.3 is 9.64 Å². The number of ether oxygens (including phenoxy) is 1. The molecule has 1 aromatic carbocycles. The highest BCUT2D eigenvalue weighted by Crippen LogP contribution is 2.31. The molecule has 0 aliphatic carbocycles. The fourth-order valence-electron chi connectivity index (χ4n) is 2.97. The van der Waals surface area contributed by atoms with Crippen molar-refractivity contribution in [2.24, 2.45) is 0 Å². The van der Waals surface area contributed by atoms with Crippen molar-refractivity contribution in [1.29, 1.82) is 0 Å². The van der Waals surface area contributed by atoms with Gasteiger partial charge in [-0.25, -0.2) is 8.42 Å². The van der Waals surface area contributed by atoms with Crippen molar-refractivity contribution >= 4 is 39.0 Å². The Morgan fingerprint density at radius 1 is 1.18 bits per heavy atom. The number of aryl methyl sites for hydroxylation is 1. The first-order valence-corrected chi connectivity index (χ1v) is 11.0. The van der Waals surface area contributed by atoms with Crippen LogP contribution in [0.5, 0.6) is 5.88 Å². The lowest BCUT2D eigenvalue weighted by atomic mass is 10.1. The van der Waals surface area contributed by atoms with Gasteiger partial charge in [0.15, 0.2) is 5.82 Å². The van der Waals surface area contributed by atoms with Gasteiger partial charge in [0.05, 0.1) is 11.6 Å². The summed E-state index contributed by atoms with van der Waals surface area (Å²) < 4.78 is 33.5. The number of piperidine rings is 1. The molecule has 2 aromatic rings. The molecule has 1 aliphatic heterocycles. The van der Waals surface area contributed by atoms with Crippen LogP contribution in [0.1, 0.15) is 18.4 Å². The largest absolute Gasteiger partial charge is 0.472 e. The summed E-state index contributed by atoms with van der Waals surface area (Å²) >= 11 is 12.2. The minimum Gasteiger partial charge on any atom is -0.472 e. The Bertz CT molecular complexity index is 952. The van der Waals surface area contributed by atoms with E-state index in [9.17, 15) is 8.42 Å². The molecule has 0 spiro atoms. The van der Waals surface area contributed by atoms with E-state index in [4.69, 9.17) is 27.9 Å². The summed E-state index contributed by atoms with van der Waals surface area (Å²) in [5.41, 5.74) is 0.658. The van der Waals surface area contributed by atoms with E-state index in [0.717, 1.165) is 6.42 Å². The first-order valence-electron chi connectivity index (χ1n) is 8.82. The van der Waals surface area contributed by atoms with E-state index in [1.54, 1.807) is 19.1 Å². The number of nitrogens with zero attached hydrogens (tertiary/aromatic N) is 4. The van der Waals surface area contributed by atoms with Gasteiger partial charge in [-0.1, -0.05) is 23.2 Å². The molecule has 0 bridgehead atoms. The van der Waals surface area contributed by atoms with Crippen molar-refractivity contribution in [2.75, 3.05) is 32.1 Å². The summed E-state index contributed by atoms with van der Waals surface area (Å²) in [6.07, 6.45) is 1.10. The van der Waals surface area contributed by atoms with Crippen molar-refractivity contribution < 1.29 is 13.2 Å². The fraction of sp³-hybridized carbons (Fsp3) is 0.444. The van der Waals surface area contributed by atoms with Crippen molar-refractivity contribution in [2.45, 2.75) is 30.8 Å². The first-order chi connectivity index (χ1) is 13.2. The SMILES string of the molecule is Cc1cc(S(=O)(=O)N2CCCC(Oc3ccc(N(C)C)nn3)C2)c(Cl)cc1Cl. The minimum atomic E-state index is -3.76. The molecule has 1 saturated heterocycles. The predicted molar refractivity (Wildman–Crippen MR) is 110 cm³/mol. The topological polar surface area (TPSA) is 75.6 Å². The Hall–Kier alpha value is -1.61. The Balaban J connectivity index is 1.76. The highest BCUT2D eigenvalue weighted by Gasteiger charge is 2.33. The normalized spacial score (nSPS) is 18.1. The zero-order chi connectivity index (χ0) is 20.5. The maximum absolute atomic E-state index is 13.1. The molecule has 1 fully saturated rings.